The predicted octanol–water partition coefficient (Wildman–Crippen LogP) is 7.44. The van der Waals surface area contributed by atoms with Crippen LogP contribution in [0.5, 0.6) is 0 Å². The fourth-order valence-corrected chi connectivity index (χ4v) is 3.36. The highest BCUT2D eigenvalue weighted by molar-refractivity contribution is 5.69. The third-order valence-corrected chi connectivity index (χ3v) is 4.84. The summed E-state index contributed by atoms with van der Waals surface area (Å²) in [4.78, 5) is 11.0. The molecule has 0 aromatic heterocycles. The third kappa shape index (κ3) is 13.4. The van der Waals surface area contributed by atoms with Crippen LogP contribution in [0.3, 0.4) is 0 Å². The van der Waals surface area contributed by atoms with Gasteiger partial charge in [0.2, 0.25) is 0 Å². The lowest BCUT2D eigenvalue weighted by Crippen LogP contribution is -2.10. The van der Waals surface area contributed by atoms with Crippen LogP contribution in [0.25, 0.3) is 0 Å². The molecule has 2 heteroatoms. The summed E-state index contributed by atoms with van der Waals surface area (Å²) in [6.07, 6.45) is 20.8. The maximum atomic E-state index is 11.0. The summed E-state index contributed by atoms with van der Waals surface area (Å²) in [6.45, 7) is 5.71. The molecular weight excluding hydrogens is 344 g/mol. The molecular formula is C26H40O2. The maximum Gasteiger partial charge on any atom is 0.306 e. The average molecular weight is 385 g/mol. The number of carbonyl (C=O) groups is 1. The lowest BCUT2D eigenvalue weighted by Gasteiger charge is -2.06. The molecule has 0 heterocycles. The molecule has 0 amide bonds. The largest absolute Gasteiger partial charge is 0.463 e. The molecule has 156 valence electrons. The van der Waals surface area contributed by atoms with E-state index in [9.17, 15) is 4.79 Å². The lowest BCUT2D eigenvalue weighted by atomic mass is 10.1. The summed E-state index contributed by atoms with van der Waals surface area (Å²) < 4.78 is 4.97. The summed E-state index contributed by atoms with van der Waals surface area (Å²) in [5.41, 5.74) is 1.47. The number of allylic oxidation sites excluding steroid dienone is 4. The zero-order valence-corrected chi connectivity index (χ0v) is 18.2. The van der Waals surface area contributed by atoms with Crippen molar-refractivity contribution in [3.63, 3.8) is 0 Å². The van der Waals surface area contributed by atoms with Gasteiger partial charge >= 0.3 is 5.97 Å². The van der Waals surface area contributed by atoms with Crippen LogP contribution in [-0.2, 0) is 16.0 Å². The minimum Gasteiger partial charge on any atom is -0.463 e. The minimum absolute atomic E-state index is 0.0132. The number of esters is 1. The van der Waals surface area contributed by atoms with Gasteiger partial charge in [-0.2, -0.15) is 0 Å². The molecule has 2 rings (SSSR count). The fraction of sp³-hybridized carbons (Fsp3) is 0.577. The van der Waals surface area contributed by atoms with E-state index in [1.54, 1.807) is 0 Å². The highest BCUT2D eigenvalue weighted by Gasteiger charge is 2.10. The van der Waals surface area contributed by atoms with E-state index in [-0.39, 0.29) is 12.1 Å². The standard InChI is InChI=1S/C16H22.C10H18O2/c1-3-9-15(10-4-1)11-5-2-6-12-16-13-7-8-14-16;1-4-5-6-7-8-10(11)12-9(2)3/h1,3-4,6,9-10,12,16H,2,5,7-8,11,13-14H2;4-5,9H,6-8H2,1-3H3/b12-6+;5-4-. The number of rotatable bonds is 10. The molecule has 1 aromatic rings. The monoisotopic (exact) mass is 384 g/mol. The van der Waals surface area contributed by atoms with Gasteiger partial charge in [-0.25, -0.2) is 0 Å². The van der Waals surface area contributed by atoms with E-state index < -0.39 is 0 Å². The number of aryl methyl sites for hydroxylation is 1. The summed E-state index contributed by atoms with van der Waals surface area (Å²) in [7, 11) is 0. The molecule has 0 radical (unpaired) electrons. The Balaban J connectivity index is 0.000000295. The van der Waals surface area contributed by atoms with Gasteiger partial charge in [-0.15, -0.1) is 0 Å². The molecule has 2 nitrogen and oxygen atoms in total. The highest BCUT2D eigenvalue weighted by atomic mass is 16.5. The van der Waals surface area contributed by atoms with Crippen molar-refractivity contribution < 1.29 is 9.53 Å². The van der Waals surface area contributed by atoms with Crippen LogP contribution < -0.4 is 0 Å². The SMILES string of the molecule is C(=C\C1CCCC1)/CCCc1ccccc1.C/C=C\CCCC(=O)OC(C)C. The van der Waals surface area contributed by atoms with Gasteiger partial charge in [-0.3, -0.25) is 4.79 Å². The molecule has 0 N–H and O–H groups in total. The smallest absolute Gasteiger partial charge is 0.306 e. The van der Waals surface area contributed by atoms with Crippen molar-refractivity contribution in [2.24, 2.45) is 5.92 Å². The van der Waals surface area contributed by atoms with Crippen LogP contribution in [0.2, 0.25) is 0 Å². The summed E-state index contributed by atoms with van der Waals surface area (Å²) in [6, 6.07) is 10.8. The molecule has 1 aliphatic rings. The van der Waals surface area contributed by atoms with E-state index >= 15 is 0 Å². The van der Waals surface area contributed by atoms with Gasteiger partial charge in [0.25, 0.3) is 0 Å². The molecule has 1 aliphatic carbocycles. The van der Waals surface area contributed by atoms with Crippen LogP contribution in [0.4, 0.5) is 0 Å². The van der Waals surface area contributed by atoms with Gasteiger partial charge < -0.3 is 4.74 Å². The number of ether oxygens (including phenoxy) is 1. The molecule has 0 spiro atoms. The van der Waals surface area contributed by atoms with Crippen LogP contribution in [-0.4, -0.2) is 12.1 Å². The van der Waals surface area contributed by atoms with Crippen LogP contribution in [0, 0.1) is 5.92 Å². The molecule has 1 aromatic carbocycles. The topological polar surface area (TPSA) is 26.3 Å². The Kier molecular flexibility index (Phi) is 14.0. The van der Waals surface area contributed by atoms with Crippen LogP contribution >= 0.6 is 0 Å². The van der Waals surface area contributed by atoms with Crippen molar-refractivity contribution in [2.75, 3.05) is 0 Å². The molecule has 1 saturated carbocycles. The van der Waals surface area contributed by atoms with E-state index in [0.29, 0.717) is 6.42 Å². The second-order valence-electron chi connectivity index (χ2n) is 7.85. The Hall–Kier alpha value is -1.83. The van der Waals surface area contributed by atoms with Gasteiger partial charge in [0.1, 0.15) is 0 Å². The predicted molar refractivity (Wildman–Crippen MR) is 120 cm³/mol. The number of carbonyl (C=O) groups excluding carboxylic acids is 1. The van der Waals surface area contributed by atoms with Gasteiger partial charge in [0.15, 0.2) is 0 Å². The van der Waals surface area contributed by atoms with E-state index in [4.69, 9.17) is 4.74 Å². The van der Waals surface area contributed by atoms with Gasteiger partial charge in [0.05, 0.1) is 6.10 Å². The number of unbranched alkanes of at least 4 members (excludes halogenated alkanes) is 2. The Bertz CT molecular complexity index is 551. The molecule has 0 saturated heterocycles. The molecule has 0 aliphatic heterocycles. The first kappa shape index (κ1) is 24.2. The Morgan fingerprint density at radius 3 is 2.39 bits per heavy atom. The van der Waals surface area contributed by atoms with E-state index in [1.807, 2.05) is 26.8 Å². The molecule has 28 heavy (non-hydrogen) atoms. The highest BCUT2D eigenvalue weighted by Crippen LogP contribution is 2.25. The van der Waals surface area contributed by atoms with Gasteiger partial charge in [-0.1, -0.05) is 67.5 Å². The number of hydrogen-bond acceptors (Lipinski definition) is 2. The summed E-state index contributed by atoms with van der Waals surface area (Å²) in [5.74, 6) is 0.811. The molecule has 0 bridgehead atoms. The zero-order valence-electron chi connectivity index (χ0n) is 18.2. The lowest BCUT2D eigenvalue weighted by molar-refractivity contribution is -0.147. The molecule has 0 unspecified atom stereocenters. The van der Waals surface area contributed by atoms with Crippen molar-refractivity contribution in [3.05, 3.63) is 60.2 Å². The summed E-state index contributed by atoms with van der Waals surface area (Å²) in [5, 5.41) is 0. The van der Waals surface area contributed by atoms with E-state index in [1.165, 1.54) is 50.5 Å². The molecule has 1 fully saturated rings. The van der Waals surface area contributed by atoms with E-state index in [2.05, 4.69) is 48.6 Å². The number of benzene rings is 1. The number of hydrogen-bond donors (Lipinski definition) is 0. The van der Waals surface area contributed by atoms with Crippen LogP contribution in [0.1, 0.15) is 84.1 Å². The quantitative estimate of drug-likeness (QED) is 0.238. The minimum atomic E-state index is -0.0884. The van der Waals surface area contributed by atoms with Gasteiger partial charge in [0, 0.05) is 6.42 Å². The Morgan fingerprint density at radius 2 is 1.75 bits per heavy atom. The second-order valence-corrected chi connectivity index (χ2v) is 7.85. The van der Waals surface area contributed by atoms with Crippen LogP contribution in [0.15, 0.2) is 54.6 Å². The van der Waals surface area contributed by atoms with Crippen molar-refractivity contribution in [1.29, 1.82) is 0 Å². The second kappa shape index (κ2) is 16.2. The molecule has 0 atom stereocenters. The normalized spacial score (nSPS) is 14.6. The fourth-order valence-electron chi connectivity index (χ4n) is 3.36. The first-order valence-electron chi connectivity index (χ1n) is 11.1. The average Bonchev–Trinajstić information content (AvgIpc) is 3.19. The van der Waals surface area contributed by atoms with Crippen molar-refractivity contribution in [3.8, 4) is 0 Å². The Morgan fingerprint density at radius 1 is 1.07 bits per heavy atom. The summed E-state index contributed by atoms with van der Waals surface area (Å²) >= 11 is 0. The van der Waals surface area contributed by atoms with E-state index in [0.717, 1.165) is 18.8 Å². The third-order valence-electron chi connectivity index (χ3n) is 4.84. The van der Waals surface area contributed by atoms with Crippen molar-refractivity contribution in [2.45, 2.75) is 91.1 Å². The zero-order chi connectivity index (χ0) is 20.5. The van der Waals surface area contributed by atoms with Gasteiger partial charge in [-0.05, 0) is 77.2 Å². The first-order chi connectivity index (χ1) is 13.6. The van der Waals surface area contributed by atoms with Crippen molar-refractivity contribution in [1.82, 2.24) is 0 Å². The first-order valence-corrected chi connectivity index (χ1v) is 11.1. The Labute approximate surface area is 173 Å². The maximum absolute atomic E-state index is 11.0. The van der Waals surface area contributed by atoms with Crippen molar-refractivity contribution >= 4 is 5.97 Å².